The molecular weight excluding hydrogens is 302 g/mol. The molecule has 0 unspecified atom stereocenters. The summed E-state index contributed by atoms with van der Waals surface area (Å²) >= 11 is 0. The minimum Gasteiger partial charge on any atom is -0.395 e. The van der Waals surface area contributed by atoms with Crippen molar-refractivity contribution >= 4 is 17.4 Å². The van der Waals surface area contributed by atoms with E-state index in [9.17, 15) is 4.79 Å². The van der Waals surface area contributed by atoms with Gasteiger partial charge in [-0.05, 0) is 18.1 Å². The Labute approximate surface area is 142 Å². The maximum Gasteiger partial charge on any atom is 0.256 e. The minimum absolute atomic E-state index is 0.0655. The van der Waals surface area contributed by atoms with Crippen LogP contribution in [0.4, 0.5) is 11.5 Å². The number of carbonyl (C=O) groups is 1. The topological polar surface area (TPSA) is 88.5 Å². The number of nitrogen functional groups attached to an aromatic ring is 2. The lowest BCUT2D eigenvalue weighted by atomic mass is 10.1. The molecule has 4 N–H and O–H groups in total. The molecule has 0 saturated carbocycles. The zero-order valence-corrected chi connectivity index (χ0v) is 13.7. The average molecular weight is 325 g/mol. The molecule has 3 rings (SSSR count). The van der Waals surface area contributed by atoms with Gasteiger partial charge < -0.3 is 16.4 Å². The lowest BCUT2D eigenvalue weighted by molar-refractivity contribution is 0.0639. The van der Waals surface area contributed by atoms with Gasteiger partial charge in [-0.1, -0.05) is 30.3 Å². The molecule has 24 heavy (non-hydrogen) atoms. The molecule has 1 saturated heterocycles. The van der Waals surface area contributed by atoms with E-state index in [1.807, 2.05) is 11.0 Å². The zero-order valence-electron chi connectivity index (χ0n) is 13.7. The highest BCUT2D eigenvalue weighted by atomic mass is 16.2. The molecule has 0 aliphatic carbocycles. The molecule has 6 nitrogen and oxygen atoms in total. The molecule has 0 bridgehead atoms. The number of nitrogens with zero attached hydrogens (tertiary/aromatic N) is 3. The maximum atomic E-state index is 12.6. The molecule has 1 aromatic heterocycles. The number of hydrogen-bond donors (Lipinski definition) is 2. The van der Waals surface area contributed by atoms with Crippen molar-refractivity contribution in [1.82, 2.24) is 14.8 Å². The van der Waals surface area contributed by atoms with Gasteiger partial charge in [-0.2, -0.15) is 0 Å². The number of hydrogen-bond acceptors (Lipinski definition) is 5. The van der Waals surface area contributed by atoms with Gasteiger partial charge in [-0.25, -0.2) is 4.98 Å². The van der Waals surface area contributed by atoms with E-state index in [0.717, 1.165) is 26.1 Å². The molecule has 2 heterocycles. The number of carbonyl (C=O) groups excluding carboxylic acids is 1. The fourth-order valence-electron chi connectivity index (χ4n) is 2.95. The van der Waals surface area contributed by atoms with Crippen molar-refractivity contribution in [2.75, 3.05) is 44.2 Å². The summed E-state index contributed by atoms with van der Waals surface area (Å²) in [7, 11) is 0. The molecule has 126 valence electrons. The summed E-state index contributed by atoms with van der Waals surface area (Å²) in [5.74, 6) is 0.145. The quantitative estimate of drug-likeness (QED) is 0.883. The largest absolute Gasteiger partial charge is 0.395 e. The fourth-order valence-corrected chi connectivity index (χ4v) is 2.95. The van der Waals surface area contributed by atoms with Crippen molar-refractivity contribution < 1.29 is 4.79 Å². The van der Waals surface area contributed by atoms with Crippen LogP contribution in [-0.4, -0.2) is 53.4 Å². The Bertz CT molecular complexity index is 696. The number of aromatic nitrogens is 1. The van der Waals surface area contributed by atoms with Crippen LogP contribution in [0.25, 0.3) is 0 Å². The van der Waals surface area contributed by atoms with Crippen molar-refractivity contribution in [1.29, 1.82) is 0 Å². The predicted octanol–water partition coefficient (Wildman–Crippen LogP) is 1.25. The number of pyridine rings is 1. The van der Waals surface area contributed by atoms with E-state index >= 15 is 0 Å². The highest BCUT2D eigenvalue weighted by molar-refractivity contribution is 6.00. The molecule has 1 aliphatic heterocycles. The molecule has 2 aromatic rings. The normalized spacial score (nSPS) is 15.4. The second-order valence-corrected chi connectivity index (χ2v) is 6.03. The summed E-state index contributed by atoms with van der Waals surface area (Å²) in [6, 6.07) is 12.1. The standard InChI is InChI=1S/C18H23N5O/c19-16-15(6-8-21-17(16)20)18(24)23-12-10-22(11-13-23)9-7-14-4-2-1-3-5-14/h1-6,8H,7,9-13,19H2,(H2,20,21). The molecule has 0 atom stereocenters. The van der Waals surface area contributed by atoms with Crippen LogP contribution in [0.15, 0.2) is 42.6 Å². The van der Waals surface area contributed by atoms with Crippen LogP contribution < -0.4 is 11.5 Å². The van der Waals surface area contributed by atoms with Crippen molar-refractivity contribution in [3.05, 3.63) is 53.7 Å². The molecule has 1 fully saturated rings. The average Bonchev–Trinajstić information content (AvgIpc) is 2.63. The van der Waals surface area contributed by atoms with Gasteiger partial charge in [-0.15, -0.1) is 0 Å². The summed E-state index contributed by atoms with van der Waals surface area (Å²) in [5.41, 5.74) is 13.6. The predicted molar refractivity (Wildman–Crippen MR) is 95.6 cm³/mol. The van der Waals surface area contributed by atoms with Crippen LogP contribution in [0, 0.1) is 0 Å². The van der Waals surface area contributed by atoms with E-state index in [1.165, 1.54) is 11.8 Å². The monoisotopic (exact) mass is 325 g/mol. The number of anilines is 2. The number of rotatable bonds is 4. The van der Waals surface area contributed by atoms with Crippen LogP contribution in [-0.2, 0) is 6.42 Å². The smallest absolute Gasteiger partial charge is 0.256 e. The van der Waals surface area contributed by atoms with Gasteiger partial charge in [0.2, 0.25) is 0 Å². The Morgan fingerprint density at radius 3 is 2.46 bits per heavy atom. The number of piperazine rings is 1. The summed E-state index contributed by atoms with van der Waals surface area (Å²) in [6.07, 6.45) is 2.55. The fraction of sp³-hybridized carbons (Fsp3) is 0.333. The minimum atomic E-state index is -0.0655. The van der Waals surface area contributed by atoms with Crippen molar-refractivity contribution in [3.8, 4) is 0 Å². The lowest BCUT2D eigenvalue weighted by Gasteiger charge is -2.35. The summed E-state index contributed by atoms with van der Waals surface area (Å²) in [6.45, 7) is 4.17. The van der Waals surface area contributed by atoms with Gasteiger partial charge in [0.1, 0.15) is 5.82 Å². The summed E-state index contributed by atoms with van der Waals surface area (Å²) in [4.78, 5) is 20.7. The summed E-state index contributed by atoms with van der Waals surface area (Å²) in [5, 5.41) is 0. The van der Waals surface area contributed by atoms with E-state index in [0.29, 0.717) is 18.7 Å². The van der Waals surface area contributed by atoms with Crippen LogP contribution in [0.5, 0.6) is 0 Å². The molecule has 1 amide bonds. The van der Waals surface area contributed by atoms with Crippen LogP contribution >= 0.6 is 0 Å². The zero-order chi connectivity index (χ0) is 16.9. The van der Waals surface area contributed by atoms with Crippen molar-refractivity contribution in [2.24, 2.45) is 0 Å². The van der Waals surface area contributed by atoms with E-state index in [2.05, 4.69) is 34.1 Å². The molecule has 1 aliphatic rings. The molecular formula is C18H23N5O. The number of benzene rings is 1. The van der Waals surface area contributed by atoms with E-state index in [-0.39, 0.29) is 17.4 Å². The van der Waals surface area contributed by atoms with E-state index in [1.54, 1.807) is 6.07 Å². The molecule has 0 radical (unpaired) electrons. The SMILES string of the molecule is Nc1nccc(C(=O)N2CCN(CCc3ccccc3)CC2)c1N. The van der Waals surface area contributed by atoms with Crippen molar-refractivity contribution in [2.45, 2.75) is 6.42 Å². The second kappa shape index (κ2) is 7.31. The van der Waals surface area contributed by atoms with Gasteiger partial charge in [-0.3, -0.25) is 9.69 Å². The number of nitrogens with two attached hydrogens (primary N) is 2. The Balaban J connectivity index is 1.53. The van der Waals surface area contributed by atoms with Crippen LogP contribution in [0.1, 0.15) is 15.9 Å². The van der Waals surface area contributed by atoms with Crippen molar-refractivity contribution in [3.63, 3.8) is 0 Å². The second-order valence-electron chi connectivity index (χ2n) is 6.03. The van der Waals surface area contributed by atoms with Crippen LogP contribution in [0.2, 0.25) is 0 Å². The first-order valence-electron chi connectivity index (χ1n) is 8.20. The summed E-state index contributed by atoms with van der Waals surface area (Å²) < 4.78 is 0. The molecule has 1 aromatic carbocycles. The Morgan fingerprint density at radius 1 is 1.04 bits per heavy atom. The van der Waals surface area contributed by atoms with E-state index in [4.69, 9.17) is 11.5 Å². The van der Waals surface area contributed by atoms with Gasteiger partial charge in [0.05, 0.1) is 11.3 Å². The Morgan fingerprint density at radius 2 is 1.75 bits per heavy atom. The van der Waals surface area contributed by atoms with Crippen LogP contribution in [0.3, 0.4) is 0 Å². The first kappa shape index (κ1) is 16.3. The lowest BCUT2D eigenvalue weighted by Crippen LogP contribution is -2.49. The Kier molecular flexibility index (Phi) is 4.96. The van der Waals surface area contributed by atoms with Gasteiger partial charge in [0.15, 0.2) is 0 Å². The third kappa shape index (κ3) is 3.65. The number of amides is 1. The molecule has 6 heteroatoms. The Hall–Kier alpha value is -2.60. The first-order valence-corrected chi connectivity index (χ1v) is 8.20. The first-order chi connectivity index (χ1) is 11.6. The van der Waals surface area contributed by atoms with Gasteiger partial charge in [0, 0.05) is 38.9 Å². The van der Waals surface area contributed by atoms with Gasteiger partial charge >= 0.3 is 0 Å². The maximum absolute atomic E-state index is 12.6. The van der Waals surface area contributed by atoms with Gasteiger partial charge in [0.25, 0.3) is 5.91 Å². The highest BCUT2D eigenvalue weighted by Crippen LogP contribution is 2.19. The third-order valence-electron chi connectivity index (χ3n) is 4.47. The third-order valence-corrected chi connectivity index (χ3v) is 4.47. The van der Waals surface area contributed by atoms with E-state index < -0.39 is 0 Å². The molecule has 0 spiro atoms. The highest BCUT2D eigenvalue weighted by Gasteiger charge is 2.23.